The summed E-state index contributed by atoms with van der Waals surface area (Å²) in [6, 6.07) is 11.7. The first-order valence-corrected chi connectivity index (χ1v) is 5.12. The largest absolute Gasteiger partial charge is 0.223 e. The number of hydrogen-bond acceptors (Lipinski definition) is 3. The Kier molecular flexibility index (Phi) is 2.49. The number of aromatic nitrogens is 1. The quantitative estimate of drug-likeness (QED) is 0.739. The monoisotopic (exact) mass is 220 g/mol. The van der Waals surface area contributed by atoms with E-state index in [0.29, 0.717) is 4.88 Å². The van der Waals surface area contributed by atoms with Gasteiger partial charge >= 0.3 is 0 Å². The number of halogens is 1. The summed E-state index contributed by atoms with van der Waals surface area (Å²) in [5, 5.41) is 9.79. The Morgan fingerprint density at radius 3 is 2.57 bits per heavy atom. The highest BCUT2D eigenvalue weighted by Gasteiger charge is 2.09. The van der Waals surface area contributed by atoms with Crippen LogP contribution in [0.1, 0.15) is 4.88 Å². The second kappa shape index (κ2) is 3.79. The van der Waals surface area contributed by atoms with Gasteiger partial charge in [-0.25, -0.2) is 4.98 Å². The van der Waals surface area contributed by atoms with Crippen molar-refractivity contribution >= 4 is 22.9 Å². The molecule has 0 aliphatic heterocycles. The lowest BCUT2D eigenvalue weighted by Crippen LogP contribution is -1.73. The van der Waals surface area contributed by atoms with Gasteiger partial charge in [0.25, 0.3) is 0 Å². The van der Waals surface area contributed by atoms with Crippen LogP contribution in [0.2, 0.25) is 5.15 Å². The van der Waals surface area contributed by atoms with Gasteiger partial charge in [-0.15, -0.1) is 11.3 Å². The Balaban J connectivity index is 2.50. The smallest absolute Gasteiger partial charge is 0.158 e. The lowest BCUT2D eigenvalue weighted by atomic mass is 10.2. The normalized spacial score (nSPS) is 9.71. The van der Waals surface area contributed by atoms with Gasteiger partial charge in [-0.2, -0.15) is 5.26 Å². The molecule has 0 saturated carbocycles. The molecule has 4 heteroatoms. The van der Waals surface area contributed by atoms with Gasteiger partial charge in [0.1, 0.15) is 16.0 Å². The SMILES string of the molecule is N#Cc1sc(-c2ccccc2)nc1Cl. The summed E-state index contributed by atoms with van der Waals surface area (Å²) in [7, 11) is 0. The molecule has 0 amide bonds. The van der Waals surface area contributed by atoms with Crippen LogP contribution in [0.4, 0.5) is 0 Å². The standard InChI is InChI=1S/C10H5ClN2S/c11-9-8(6-12)14-10(13-9)7-4-2-1-3-5-7/h1-5H. The highest BCUT2D eigenvalue weighted by atomic mass is 35.5. The molecule has 0 bridgehead atoms. The minimum Gasteiger partial charge on any atom is -0.223 e. The summed E-state index contributed by atoms with van der Waals surface area (Å²) in [6.07, 6.45) is 0. The molecule has 14 heavy (non-hydrogen) atoms. The van der Waals surface area contributed by atoms with Gasteiger partial charge < -0.3 is 0 Å². The topological polar surface area (TPSA) is 36.7 Å². The molecule has 1 aromatic carbocycles. The van der Waals surface area contributed by atoms with Crippen LogP contribution in [0.15, 0.2) is 30.3 Å². The van der Waals surface area contributed by atoms with Crippen molar-refractivity contribution in [1.29, 1.82) is 5.26 Å². The van der Waals surface area contributed by atoms with Crippen molar-refractivity contribution in [3.05, 3.63) is 40.4 Å². The van der Waals surface area contributed by atoms with E-state index in [4.69, 9.17) is 16.9 Å². The summed E-state index contributed by atoms with van der Waals surface area (Å²) < 4.78 is 0. The minimum atomic E-state index is 0.288. The second-order valence-corrected chi connectivity index (χ2v) is 3.97. The van der Waals surface area contributed by atoms with Gasteiger partial charge in [0.15, 0.2) is 5.15 Å². The van der Waals surface area contributed by atoms with Gasteiger partial charge in [-0.05, 0) is 0 Å². The molecule has 2 aromatic rings. The molecule has 2 rings (SSSR count). The van der Waals surface area contributed by atoms with Crippen molar-refractivity contribution in [3.63, 3.8) is 0 Å². The second-order valence-electron chi connectivity index (χ2n) is 2.62. The van der Waals surface area contributed by atoms with E-state index in [1.54, 1.807) is 0 Å². The number of nitrogens with zero attached hydrogens (tertiary/aromatic N) is 2. The predicted molar refractivity (Wildman–Crippen MR) is 57.3 cm³/mol. The molecule has 1 aromatic heterocycles. The number of benzene rings is 1. The summed E-state index contributed by atoms with van der Waals surface area (Å²) >= 11 is 7.08. The van der Waals surface area contributed by atoms with Crippen molar-refractivity contribution in [1.82, 2.24) is 4.98 Å². The molecule has 0 fully saturated rings. The molecule has 68 valence electrons. The number of thiazole rings is 1. The third-order valence-corrected chi connectivity index (χ3v) is 3.10. The Hall–Kier alpha value is -1.37. The summed E-state index contributed by atoms with van der Waals surface area (Å²) in [4.78, 5) is 4.58. The molecule has 0 N–H and O–H groups in total. The molecule has 0 unspecified atom stereocenters. The van der Waals surface area contributed by atoms with E-state index in [1.807, 2.05) is 36.4 Å². The highest BCUT2D eigenvalue weighted by molar-refractivity contribution is 7.16. The van der Waals surface area contributed by atoms with Gasteiger partial charge in [-0.3, -0.25) is 0 Å². The number of rotatable bonds is 1. The zero-order chi connectivity index (χ0) is 9.97. The van der Waals surface area contributed by atoms with Crippen LogP contribution in [-0.4, -0.2) is 4.98 Å². The molecular formula is C10H5ClN2S. The van der Waals surface area contributed by atoms with Gasteiger partial charge in [-0.1, -0.05) is 41.9 Å². The molecular weight excluding hydrogens is 216 g/mol. The molecule has 1 heterocycles. The fourth-order valence-corrected chi connectivity index (χ4v) is 2.13. The molecule has 2 nitrogen and oxygen atoms in total. The van der Waals surface area contributed by atoms with Crippen molar-refractivity contribution in [3.8, 4) is 16.6 Å². The maximum Gasteiger partial charge on any atom is 0.158 e. The maximum absolute atomic E-state index is 8.71. The van der Waals surface area contributed by atoms with Crippen LogP contribution in [0.25, 0.3) is 10.6 Å². The first-order valence-electron chi connectivity index (χ1n) is 3.93. The van der Waals surface area contributed by atoms with E-state index in [1.165, 1.54) is 11.3 Å². The molecule has 0 aliphatic rings. The van der Waals surface area contributed by atoms with Crippen LogP contribution in [0, 0.1) is 11.3 Å². The van der Waals surface area contributed by atoms with Crippen molar-refractivity contribution in [2.75, 3.05) is 0 Å². The van der Waals surface area contributed by atoms with Gasteiger partial charge in [0.05, 0.1) is 0 Å². The Morgan fingerprint density at radius 1 is 1.29 bits per heavy atom. The maximum atomic E-state index is 8.71. The van der Waals surface area contributed by atoms with Crippen LogP contribution in [0.5, 0.6) is 0 Å². The van der Waals surface area contributed by atoms with E-state index >= 15 is 0 Å². The zero-order valence-corrected chi connectivity index (χ0v) is 8.64. The third-order valence-electron chi connectivity index (χ3n) is 1.71. The van der Waals surface area contributed by atoms with E-state index < -0.39 is 0 Å². The van der Waals surface area contributed by atoms with Crippen LogP contribution in [0.3, 0.4) is 0 Å². The van der Waals surface area contributed by atoms with Crippen molar-refractivity contribution < 1.29 is 0 Å². The average Bonchev–Trinajstić information content (AvgIpc) is 2.61. The first-order chi connectivity index (χ1) is 6.81. The van der Waals surface area contributed by atoms with Crippen LogP contribution in [-0.2, 0) is 0 Å². The third kappa shape index (κ3) is 1.63. The summed E-state index contributed by atoms with van der Waals surface area (Å²) in [5.41, 5.74) is 0.987. The number of nitriles is 1. The lowest BCUT2D eigenvalue weighted by Gasteiger charge is -1.92. The first kappa shape index (κ1) is 9.20. The van der Waals surface area contributed by atoms with Gasteiger partial charge in [0.2, 0.25) is 0 Å². The highest BCUT2D eigenvalue weighted by Crippen LogP contribution is 2.29. The van der Waals surface area contributed by atoms with E-state index in [-0.39, 0.29) is 5.15 Å². The van der Waals surface area contributed by atoms with Gasteiger partial charge in [0, 0.05) is 5.56 Å². The van der Waals surface area contributed by atoms with Crippen LogP contribution < -0.4 is 0 Å². The average molecular weight is 221 g/mol. The molecule has 0 radical (unpaired) electrons. The minimum absolute atomic E-state index is 0.288. The fraction of sp³-hybridized carbons (Fsp3) is 0. The zero-order valence-electron chi connectivity index (χ0n) is 7.07. The van der Waals surface area contributed by atoms with E-state index in [9.17, 15) is 0 Å². The molecule has 0 saturated heterocycles. The summed E-state index contributed by atoms with van der Waals surface area (Å²) in [6.45, 7) is 0. The molecule has 0 spiro atoms. The van der Waals surface area contributed by atoms with Crippen molar-refractivity contribution in [2.45, 2.75) is 0 Å². The van der Waals surface area contributed by atoms with Crippen LogP contribution >= 0.6 is 22.9 Å². The Morgan fingerprint density at radius 2 is 2.00 bits per heavy atom. The van der Waals surface area contributed by atoms with E-state index in [0.717, 1.165) is 10.6 Å². The molecule has 0 atom stereocenters. The fourth-order valence-electron chi connectivity index (χ4n) is 1.07. The molecule has 0 aliphatic carbocycles. The Bertz CT molecular complexity index is 485. The number of hydrogen-bond donors (Lipinski definition) is 0. The summed E-state index contributed by atoms with van der Waals surface area (Å²) in [5.74, 6) is 0. The lowest BCUT2D eigenvalue weighted by molar-refractivity contribution is 1.40. The van der Waals surface area contributed by atoms with E-state index in [2.05, 4.69) is 4.98 Å². The Labute approximate surface area is 90.4 Å². The predicted octanol–water partition coefficient (Wildman–Crippen LogP) is 3.34. The van der Waals surface area contributed by atoms with Crippen molar-refractivity contribution in [2.24, 2.45) is 0 Å².